The second-order valence-electron chi connectivity index (χ2n) is 9.41. The number of hydrogen-bond donors (Lipinski definition) is 0. The van der Waals surface area contributed by atoms with E-state index in [-0.39, 0.29) is 11.6 Å². The third-order valence-electron chi connectivity index (χ3n) is 6.79. The Bertz CT molecular complexity index is 1750. The molecule has 1 aliphatic rings. The third-order valence-corrected chi connectivity index (χ3v) is 7.77. The molecule has 1 atom stereocenters. The molecule has 0 spiro atoms. The molecule has 2 aromatic carbocycles. The monoisotopic (exact) mass is 515 g/mol. The first-order valence-electron chi connectivity index (χ1n) is 12.1. The first-order valence-corrected chi connectivity index (χ1v) is 12.9. The lowest BCUT2D eigenvalue weighted by molar-refractivity contribution is -0.136. The number of esters is 1. The number of para-hydroxylation sites is 1. The molecule has 0 radical (unpaired) electrons. The molecule has 3 heterocycles. The molecule has 0 unspecified atom stereocenters. The van der Waals surface area contributed by atoms with Crippen LogP contribution in [0.3, 0.4) is 0 Å². The minimum absolute atomic E-state index is 0.205. The Morgan fingerprint density at radius 3 is 2.59 bits per heavy atom. The molecule has 1 aliphatic heterocycles. The van der Waals surface area contributed by atoms with Crippen molar-refractivity contribution < 1.29 is 14.3 Å². The zero-order valence-corrected chi connectivity index (χ0v) is 22.6. The maximum Gasteiger partial charge on any atom is 0.338 e. The van der Waals surface area contributed by atoms with Crippen molar-refractivity contribution in [1.82, 2.24) is 9.13 Å². The number of aryl methyl sites for hydroxylation is 1. The summed E-state index contributed by atoms with van der Waals surface area (Å²) in [5, 5.41) is 1.08. The van der Waals surface area contributed by atoms with Crippen molar-refractivity contribution in [3.63, 3.8) is 0 Å². The normalized spacial score (nSPS) is 15.8. The van der Waals surface area contributed by atoms with E-state index in [1.165, 1.54) is 18.4 Å². The number of nitrogens with zero attached hydrogens (tertiary/aromatic N) is 3. The molecular formula is C29H29N3O4S. The zero-order chi connectivity index (χ0) is 26.4. The summed E-state index contributed by atoms with van der Waals surface area (Å²) >= 11 is 1.32. The SMILES string of the molecule is COC(=O)C1=C(C)N=c2s/c(=C/c3cn(C(C)C)c4ccccc34)c(=O)n2[C@@H]1c1ccc(C)c(OC)c1. The molecule has 0 amide bonds. The van der Waals surface area contributed by atoms with Crippen LogP contribution in [0.5, 0.6) is 5.75 Å². The number of methoxy groups -OCH3 is 2. The first kappa shape index (κ1) is 24.8. The van der Waals surface area contributed by atoms with Crippen LogP contribution in [0.2, 0.25) is 0 Å². The van der Waals surface area contributed by atoms with Crippen LogP contribution < -0.4 is 19.6 Å². The van der Waals surface area contributed by atoms with Gasteiger partial charge in [0, 0.05) is 28.7 Å². The van der Waals surface area contributed by atoms with Crippen molar-refractivity contribution in [2.75, 3.05) is 14.2 Å². The standard InChI is InChI=1S/C29H29N3O4S/c1-16(2)31-15-20(21-9-7-8-10-22(21)31)14-24-27(33)32-26(19-12-11-17(3)23(13-19)35-5)25(28(34)36-6)18(4)30-29(32)37-24/h7-16,26H,1-6H3/b24-14+/t26-/m1/s1. The average Bonchev–Trinajstić information content (AvgIpc) is 3.41. The van der Waals surface area contributed by atoms with Gasteiger partial charge in [-0.1, -0.05) is 41.7 Å². The van der Waals surface area contributed by atoms with Gasteiger partial charge in [-0.15, -0.1) is 0 Å². The fourth-order valence-corrected chi connectivity index (χ4v) is 5.97. The van der Waals surface area contributed by atoms with Crippen LogP contribution in [-0.4, -0.2) is 29.3 Å². The molecule has 7 nitrogen and oxygen atoms in total. The quantitative estimate of drug-likeness (QED) is 0.372. The number of thiazole rings is 1. The first-order chi connectivity index (χ1) is 17.7. The Morgan fingerprint density at radius 1 is 1.14 bits per heavy atom. The smallest absolute Gasteiger partial charge is 0.338 e. The maximum absolute atomic E-state index is 13.9. The van der Waals surface area contributed by atoms with E-state index in [2.05, 4.69) is 41.7 Å². The summed E-state index contributed by atoms with van der Waals surface area (Å²) in [5.41, 5.74) is 4.45. The van der Waals surface area contributed by atoms with Crippen LogP contribution in [0.1, 0.15) is 49.5 Å². The predicted octanol–water partition coefficient (Wildman–Crippen LogP) is 4.26. The van der Waals surface area contributed by atoms with Crippen molar-refractivity contribution in [3.05, 3.63) is 96.3 Å². The molecule has 0 saturated heterocycles. The molecule has 0 fully saturated rings. The van der Waals surface area contributed by atoms with E-state index < -0.39 is 12.0 Å². The van der Waals surface area contributed by atoms with Gasteiger partial charge in [0.25, 0.3) is 5.56 Å². The van der Waals surface area contributed by atoms with Gasteiger partial charge in [-0.2, -0.15) is 0 Å². The third kappa shape index (κ3) is 4.11. The average molecular weight is 516 g/mol. The van der Waals surface area contributed by atoms with E-state index in [1.54, 1.807) is 18.6 Å². The second kappa shape index (κ2) is 9.52. The largest absolute Gasteiger partial charge is 0.496 e. The highest BCUT2D eigenvalue weighted by atomic mass is 32.1. The van der Waals surface area contributed by atoms with Gasteiger partial charge in [-0.05, 0) is 57.0 Å². The summed E-state index contributed by atoms with van der Waals surface area (Å²) in [6, 6.07) is 13.5. The topological polar surface area (TPSA) is 74.8 Å². The number of fused-ring (bicyclic) bond motifs is 2. The van der Waals surface area contributed by atoms with Gasteiger partial charge in [0.2, 0.25) is 0 Å². The molecule has 190 valence electrons. The molecule has 8 heteroatoms. The fraction of sp³-hybridized carbons (Fsp3) is 0.276. The maximum atomic E-state index is 13.9. The molecule has 4 aromatic rings. The molecule has 0 aliphatic carbocycles. The molecule has 2 aromatic heterocycles. The second-order valence-corrected chi connectivity index (χ2v) is 10.4. The van der Waals surface area contributed by atoms with E-state index in [0.717, 1.165) is 27.6 Å². The van der Waals surface area contributed by atoms with Gasteiger partial charge >= 0.3 is 5.97 Å². The highest BCUT2D eigenvalue weighted by Crippen LogP contribution is 2.33. The number of carbonyl (C=O) groups excluding carboxylic acids is 1. The lowest BCUT2D eigenvalue weighted by Crippen LogP contribution is -2.39. The molecular weight excluding hydrogens is 486 g/mol. The van der Waals surface area contributed by atoms with Crippen molar-refractivity contribution in [1.29, 1.82) is 0 Å². The highest BCUT2D eigenvalue weighted by molar-refractivity contribution is 7.07. The van der Waals surface area contributed by atoms with Gasteiger partial charge in [0.1, 0.15) is 5.75 Å². The van der Waals surface area contributed by atoms with E-state index >= 15 is 0 Å². The number of carbonyl (C=O) groups is 1. The minimum atomic E-state index is -0.683. The van der Waals surface area contributed by atoms with Crippen LogP contribution in [0.4, 0.5) is 0 Å². The van der Waals surface area contributed by atoms with Gasteiger partial charge in [0.15, 0.2) is 4.80 Å². The van der Waals surface area contributed by atoms with Gasteiger partial charge < -0.3 is 14.0 Å². The number of hydrogen-bond acceptors (Lipinski definition) is 6. The van der Waals surface area contributed by atoms with Gasteiger partial charge in [-0.25, -0.2) is 9.79 Å². The highest BCUT2D eigenvalue weighted by Gasteiger charge is 2.33. The number of rotatable bonds is 5. The lowest BCUT2D eigenvalue weighted by Gasteiger charge is -2.25. The van der Waals surface area contributed by atoms with Crippen molar-refractivity contribution in [2.45, 2.75) is 39.8 Å². The van der Waals surface area contributed by atoms with E-state index in [0.29, 0.717) is 26.4 Å². The molecule has 5 rings (SSSR count). The summed E-state index contributed by atoms with van der Waals surface area (Å²) < 4.78 is 15.0. The predicted molar refractivity (Wildman–Crippen MR) is 146 cm³/mol. The van der Waals surface area contributed by atoms with Crippen LogP contribution in [0.15, 0.2) is 69.7 Å². The Morgan fingerprint density at radius 2 is 1.89 bits per heavy atom. The Kier molecular flexibility index (Phi) is 6.37. The van der Waals surface area contributed by atoms with Crippen molar-refractivity contribution in [3.8, 4) is 5.75 Å². The summed E-state index contributed by atoms with van der Waals surface area (Å²) in [5.74, 6) is 0.167. The Labute approximate surface area is 218 Å². The van der Waals surface area contributed by atoms with Crippen LogP contribution in [0.25, 0.3) is 17.0 Å². The number of allylic oxidation sites excluding steroid dienone is 1. The lowest BCUT2D eigenvalue weighted by atomic mass is 9.95. The van der Waals surface area contributed by atoms with E-state index in [4.69, 9.17) is 9.47 Å². The molecule has 37 heavy (non-hydrogen) atoms. The van der Waals surface area contributed by atoms with Gasteiger partial charge in [0.05, 0.1) is 36.1 Å². The van der Waals surface area contributed by atoms with E-state index in [1.807, 2.05) is 43.3 Å². The number of aromatic nitrogens is 2. The molecule has 0 saturated carbocycles. The van der Waals surface area contributed by atoms with Crippen LogP contribution >= 0.6 is 11.3 Å². The van der Waals surface area contributed by atoms with Crippen LogP contribution in [-0.2, 0) is 9.53 Å². The van der Waals surface area contributed by atoms with E-state index in [9.17, 15) is 9.59 Å². The summed E-state index contributed by atoms with van der Waals surface area (Å²) in [4.78, 5) is 32.0. The van der Waals surface area contributed by atoms with Crippen molar-refractivity contribution >= 4 is 34.3 Å². The minimum Gasteiger partial charge on any atom is -0.496 e. The Hall–Kier alpha value is -3.91. The summed E-state index contributed by atoms with van der Waals surface area (Å²) in [6.45, 7) is 8.00. The summed E-state index contributed by atoms with van der Waals surface area (Å²) in [7, 11) is 2.94. The van der Waals surface area contributed by atoms with Crippen LogP contribution in [0, 0.1) is 6.92 Å². The van der Waals surface area contributed by atoms with Gasteiger partial charge in [-0.3, -0.25) is 9.36 Å². The zero-order valence-electron chi connectivity index (χ0n) is 21.7. The molecule has 0 N–H and O–H groups in total. The summed E-state index contributed by atoms with van der Waals surface area (Å²) in [6.07, 6.45) is 4.01. The molecule has 0 bridgehead atoms. The Balaban J connectivity index is 1.77. The number of ether oxygens (including phenoxy) is 2. The number of benzene rings is 2. The van der Waals surface area contributed by atoms with Crippen molar-refractivity contribution in [2.24, 2.45) is 4.99 Å². The fourth-order valence-electron chi connectivity index (χ4n) is 4.93.